The Morgan fingerprint density at radius 1 is 1.35 bits per heavy atom. The van der Waals surface area contributed by atoms with Crippen molar-refractivity contribution < 1.29 is 19.2 Å². The molecule has 3 rings (SSSR count). The van der Waals surface area contributed by atoms with Crippen LogP contribution in [-0.4, -0.2) is 22.5 Å². The summed E-state index contributed by atoms with van der Waals surface area (Å²) in [7, 11) is 0. The third-order valence-corrected chi connectivity index (χ3v) is 5.04. The van der Waals surface area contributed by atoms with Gasteiger partial charge in [-0.05, 0) is 42.6 Å². The lowest BCUT2D eigenvalue weighted by Crippen LogP contribution is -2.41. The molecular formula is C18H16N2O5S. The summed E-state index contributed by atoms with van der Waals surface area (Å²) >= 11 is 1.35. The third-order valence-electron chi connectivity index (χ3n) is 4.02. The van der Waals surface area contributed by atoms with Gasteiger partial charge in [0.05, 0.1) is 17.7 Å². The number of carbonyl (C=O) groups is 1. The molecular weight excluding hydrogens is 356 g/mol. The standard InChI is InChI=1S/C18H16N2O5S/c1-12-10-13(6-7-14(12)20(23)24)17(21)19-11-18(22,15-4-2-8-25-15)16-5-3-9-26-16/h2-10,22H,11H2,1H3,(H,19,21). The van der Waals surface area contributed by atoms with Crippen LogP contribution in [0.25, 0.3) is 0 Å². The van der Waals surface area contributed by atoms with E-state index in [1.165, 1.54) is 35.8 Å². The van der Waals surface area contributed by atoms with Gasteiger partial charge in [-0.15, -0.1) is 11.3 Å². The zero-order chi connectivity index (χ0) is 18.7. The number of carbonyl (C=O) groups excluding carboxylic acids is 1. The number of aryl methyl sites for hydroxylation is 1. The van der Waals surface area contributed by atoms with Crippen LogP contribution in [0, 0.1) is 17.0 Å². The number of nitrogens with zero attached hydrogens (tertiary/aromatic N) is 1. The summed E-state index contributed by atoms with van der Waals surface area (Å²) in [5.74, 6) is -0.121. The number of thiophene rings is 1. The highest BCUT2D eigenvalue weighted by Gasteiger charge is 2.36. The van der Waals surface area contributed by atoms with Gasteiger partial charge in [-0.3, -0.25) is 14.9 Å². The van der Waals surface area contributed by atoms with Crippen molar-refractivity contribution in [1.29, 1.82) is 0 Å². The van der Waals surface area contributed by atoms with E-state index >= 15 is 0 Å². The molecule has 0 spiro atoms. The van der Waals surface area contributed by atoms with Gasteiger partial charge in [-0.25, -0.2) is 0 Å². The first-order valence-corrected chi connectivity index (χ1v) is 8.63. The number of nitro benzene ring substituents is 1. The van der Waals surface area contributed by atoms with E-state index in [9.17, 15) is 20.0 Å². The molecule has 1 atom stereocenters. The van der Waals surface area contributed by atoms with E-state index in [-0.39, 0.29) is 17.8 Å². The Morgan fingerprint density at radius 3 is 2.73 bits per heavy atom. The summed E-state index contributed by atoms with van der Waals surface area (Å²) < 4.78 is 5.35. The van der Waals surface area contributed by atoms with Crippen molar-refractivity contribution in [2.24, 2.45) is 0 Å². The third kappa shape index (κ3) is 3.37. The number of rotatable bonds is 6. The first-order valence-electron chi connectivity index (χ1n) is 7.75. The second kappa shape index (κ2) is 7.11. The highest BCUT2D eigenvalue weighted by atomic mass is 32.1. The van der Waals surface area contributed by atoms with Crippen LogP contribution in [0.2, 0.25) is 0 Å². The first kappa shape index (κ1) is 17.8. The molecule has 2 heterocycles. The molecule has 1 aromatic carbocycles. The Kier molecular flexibility index (Phi) is 4.88. The van der Waals surface area contributed by atoms with Gasteiger partial charge in [0.2, 0.25) is 0 Å². The average molecular weight is 372 g/mol. The average Bonchev–Trinajstić information content (AvgIpc) is 3.32. The van der Waals surface area contributed by atoms with Crippen LogP contribution in [0.1, 0.15) is 26.6 Å². The predicted octanol–water partition coefficient (Wildman–Crippen LogP) is 3.22. The molecule has 0 fully saturated rings. The van der Waals surface area contributed by atoms with Crippen LogP contribution in [0.5, 0.6) is 0 Å². The molecule has 3 aromatic rings. The summed E-state index contributed by atoms with van der Waals surface area (Å²) in [6.07, 6.45) is 1.45. The molecule has 0 radical (unpaired) electrons. The van der Waals surface area contributed by atoms with Crippen molar-refractivity contribution in [2.45, 2.75) is 12.5 Å². The molecule has 8 heteroatoms. The number of furan rings is 1. The lowest BCUT2D eigenvalue weighted by molar-refractivity contribution is -0.385. The zero-order valence-corrected chi connectivity index (χ0v) is 14.7. The first-order chi connectivity index (χ1) is 12.4. The molecule has 26 heavy (non-hydrogen) atoms. The smallest absolute Gasteiger partial charge is 0.272 e. The number of hydrogen-bond donors (Lipinski definition) is 2. The second-order valence-corrected chi connectivity index (χ2v) is 6.70. The van der Waals surface area contributed by atoms with Gasteiger partial charge < -0.3 is 14.8 Å². The Bertz CT molecular complexity index is 885. The van der Waals surface area contributed by atoms with Gasteiger partial charge >= 0.3 is 0 Å². The molecule has 134 valence electrons. The quantitative estimate of drug-likeness (QED) is 0.510. The van der Waals surface area contributed by atoms with Crippen LogP contribution < -0.4 is 5.32 Å². The van der Waals surface area contributed by atoms with Crippen LogP contribution in [0.15, 0.2) is 58.5 Å². The maximum atomic E-state index is 12.4. The summed E-state index contributed by atoms with van der Waals surface area (Å²) in [5, 5.41) is 26.5. The van der Waals surface area contributed by atoms with E-state index in [0.29, 0.717) is 16.2 Å². The summed E-state index contributed by atoms with van der Waals surface area (Å²) in [6, 6.07) is 11.0. The van der Waals surface area contributed by atoms with Gasteiger partial charge in [-0.1, -0.05) is 6.07 Å². The number of nitro groups is 1. The minimum atomic E-state index is -1.50. The minimum absolute atomic E-state index is 0.0489. The van der Waals surface area contributed by atoms with E-state index in [4.69, 9.17) is 4.42 Å². The topological polar surface area (TPSA) is 106 Å². The fourth-order valence-corrected chi connectivity index (χ4v) is 3.46. The van der Waals surface area contributed by atoms with E-state index in [2.05, 4.69) is 5.32 Å². The monoisotopic (exact) mass is 372 g/mol. The highest BCUT2D eigenvalue weighted by Crippen LogP contribution is 2.32. The number of amides is 1. The van der Waals surface area contributed by atoms with E-state index in [0.717, 1.165) is 0 Å². The largest absolute Gasteiger partial charge is 0.466 e. The maximum Gasteiger partial charge on any atom is 0.272 e. The molecule has 2 N–H and O–H groups in total. The SMILES string of the molecule is Cc1cc(C(=O)NCC(O)(c2ccco2)c2cccs2)ccc1[N+](=O)[O-]. The Hall–Kier alpha value is -2.97. The van der Waals surface area contributed by atoms with Crippen LogP contribution in [0.4, 0.5) is 5.69 Å². The summed E-state index contributed by atoms with van der Waals surface area (Å²) in [5.41, 5.74) is -0.876. The molecule has 0 aliphatic carbocycles. The number of aliphatic hydroxyl groups is 1. The minimum Gasteiger partial charge on any atom is -0.466 e. The molecule has 0 saturated heterocycles. The van der Waals surface area contributed by atoms with Crippen molar-refractivity contribution in [3.63, 3.8) is 0 Å². The van der Waals surface area contributed by atoms with E-state index in [1.807, 2.05) is 5.38 Å². The van der Waals surface area contributed by atoms with Crippen molar-refractivity contribution >= 4 is 22.9 Å². The van der Waals surface area contributed by atoms with Crippen molar-refractivity contribution in [3.8, 4) is 0 Å². The van der Waals surface area contributed by atoms with E-state index < -0.39 is 16.4 Å². The van der Waals surface area contributed by atoms with Gasteiger partial charge in [0.25, 0.3) is 11.6 Å². The number of benzene rings is 1. The molecule has 1 amide bonds. The normalized spacial score (nSPS) is 13.2. The molecule has 0 saturated carbocycles. The van der Waals surface area contributed by atoms with Crippen molar-refractivity contribution in [2.75, 3.05) is 6.54 Å². The van der Waals surface area contributed by atoms with Gasteiger partial charge in [-0.2, -0.15) is 0 Å². The Balaban J connectivity index is 1.81. The predicted molar refractivity (Wildman–Crippen MR) is 96.2 cm³/mol. The summed E-state index contributed by atoms with van der Waals surface area (Å²) in [6.45, 7) is 1.47. The molecule has 0 aliphatic rings. The Morgan fingerprint density at radius 2 is 2.15 bits per heavy atom. The molecule has 1 unspecified atom stereocenters. The molecule has 2 aromatic heterocycles. The zero-order valence-electron chi connectivity index (χ0n) is 13.8. The molecule has 0 aliphatic heterocycles. The van der Waals surface area contributed by atoms with E-state index in [1.54, 1.807) is 31.2 Å². The summed E-state index contributed by atoms with van der Waals surface area (Å²) in [4.78, 5) is 23.5. The van der Waals surface area contributed by atoms with Gasteiger partial charge in [0.1, 0.15) is 5.76 Å². The lowest BCUT2D eigenvalue weighted by Gasteiger charge is -2.25. The van der Waals surface area contributed by atoms with Crippen LogP contribution >= 0.6 is 11.3 Å². The van der Waals surface area contributed by atoms with Gasteiger partial charge in [0, 0.05) is 22.1 Å². The molecule has 7 nitrogen and oxygen atoms in total. The lowest BCUT2D eigenvalue weighted by atomic mass is 9.98. The van der Waals surface area contributed by atoms with Gasteiger partial charge in [0.15, 0.2) is 5.60 Å². The number of nitrogens with one attached hydrogen (secondary N) is 1. The highest BCUT2D eigenvalue weighted by molar-refractivity contribution is 7.10. The fraction of sp³-hybridized carbons (Fsp3) is 0.167. The van der Waals surface area contributed by atoms with Crippen molar-refractivity contribution in [3.05, 3.63) is 86.0 Å². The molecule has 0 bridgehead atoms. The number of hydrogen-bond acceptors (Lipinski definition) is 6. The fourth-order valence-electron chi connectivity index (χ4n) is 2.64. The maximum absolute atomic E-state index is 12.4. The Labute approximate surface area is 153 Å². The van der Waals surface area contributed by atoms with Crippen LogP contribution in [0.3, 0.4) is 0 Å². The van der Waals surface area contributed by atoms with Crippen LogP contribution in [-0.2, 0) is 5.60 Å². The second-order valence-electron chi connectivity index (χ2n) is 5.76. The van der Waals surface area contributed by atoms with Crippen molar-refractivity contribution in [1.82, 2.24) is 5.32 Å².